The molecule has 0 aliphatic carbocycles. The van der Waals surface area contributed by atoms with Crippen LogP contribution in [0.1, 0.15) is 38.3 Å². The summed E-state index contributed by atoms with van der Waals surface area (Å²) < 4.78 is 40.0. The SMILES string of the molecule is CC.CC/C=C\c1cc(OC(F)(F)F)cc(C)c1O. The molecule has 1 N–H and O–H groups in total. The van der Waals surface area contributed by atoms with Gasteiger partial charge in [0.15, 0.2) is 0 Å². The van der Waals surface area contributed by atoms with E-state index in [2.05, 4.69) is 4.74 Å². The van der Waals surface area contributed by atoms with Crippen LogP contribution in [0.25, 0.3) is 6.08 Å². The van der Waals surface area contributed by atoms with Gasteiger partial charge in [0.2, 0.25) is 0 Å². The molecule has 0 saturated heterocycles. The van der Waals surface area contributed by atoms with Gasteiger partial charge in [-0.1, -0.05) is 32.9 Å². The second kappa shape index (κ2) is 7.71. The molecule has 5 heteroatoms. The number of halogens is 3. The number of benzene rings is 1. The normalized spacial score (nSPS) is 11.1. The Morgan fingerprint density at radius 2 is 1.84 bits per heavy atom. The van der Waals surface area contributed by atoms with Gasteiger partial charge in [-0.3, -0.25) is 0 Å². The molecule has 0 unspecified atom stereocenters. The molecule has 0 aromatic heterocycles. The highest BCUT2D eigenvalue weighted by Gasteiger charge is 2.31. The van der Waals surface area contributed by atoms with Crippen molar-refractivity contribution in [2.75, 3.05) is 0 Å². The fourth-order valence-electron chi connectivity index (χ4n) is 1.34. The van der Waals surface area contributed by atoms with Crippen molar-refractivity contribution in [2.45, 2.75) is 40.5 Å². The minimum absolute atomic E-state index is 0.0378. The van der Waals surface area contributed by atoms with Crippen LogP contribution in [0.2, 0.25) is 0 Å². The van der Waals surface area contributed by atoms with Gasteiger partial charge in [-0.05, 0) is 31.0 Å². The molecule has 19 heavy (non-hydrogen) atoms. The van der Waals surface area contributed by atoms with Crippen LogP contribution in [0.4, 0.5) is 13.2 Å². The number of allylic oxidation sites excluding steroid dienone is 1. The van der Waals surface area contributed by atoms with Gasteiger partial charge in [0, 0.05) is 5.56 Å². The van der Waals surface area contributed by atoms with Gasteiger partial charge in [0.1, 0.15) is 11.5 Å². The predicted octanol–water partition coefficient (Wildman–Crippen LogP) is 5.05. The minimum atomic E-state index is -4.73. The molecular weight excluding hydrogens is 257 g/mol. The predicted molar refractivity (Wildman–Crippen MR) is 70.2 cm³/mol. The lowest BCUT2D eigenvalue weighted by Crippen LogP contribution is -2.17. The molecule has 1 rings (SSSR count). The fourth-order valence-corrected chi connectivity index (χ4v) is 1.34. The van der Waals surface area contributed by atoms with E-state index in [1.807, 2.05) is 20.8 Å². The topological polar surface area (TPSA) is 29.5 Å². The van der Waals surface area contributed by atoms with Crippen LogP contribution in [0, 0.1) is 6.92 Å². The van der Waals surface area contributed by atoms with Crippen LogP contribution in [-0.4, -0.2) is 11.5 Å². The molecule has 0 aliphatic rings. The molecule has 1 aromatic carbocycles. The smallest absolute Gasteiger partial charge is 0.507 e. The van der Waals surface area contributed by atoms with Crippen LogP contribution in [-0.2, 0) is 0 Å². The maximum Gasteiger partial charge on any atom is 0.573 e. The van der Waals surface area contributed by atoms with E-state index in [0.717, 1.165) is 18.6 Å². The van der Waals surface area contributed by atoms with Crippen molar-refractivity contribution < 1.29 is 23.0 Å². The van der Waals surface area contributed by atoms with Gasteiger partial charge in [0.25, 0.3) is 0 Å². The number of ether oxygens (including phenoxy) is 1. The highest BCUT2D eigenvalue weighted by atomic mass is 19.4. The Balaban J connectivity index is 0.00000154. The molecule has 0 amide bonds. The second-order valence-electron chi connectivity index (χ2n) is 3.54. The molecule has 0 bridgehead atoms. The fraction of sp³-hybridized carbons (Fsp3) is 0.429. The Labute approximate surface area is 111 Å². The van der Waals surface area contributed by atoms with Crippen molar-refractivity contribution in [1.82, 2.24) is 0 Å². The number of phenols is 1. The highest BCUT2D eigenvalue weighted by Crippen LogP contribution is 2.31. The summed E-state index contributed by atoms with van der Waals surface area (Å²) in [5.74, 6) is -0.368. The lowest BCUT2D eigenvalue weighted by atomic mass is 10.1. The van der Waals surface area contributed by atoms with E-state index in [4.69, 9.17) is 0 Å². The van der Waals surface area contributed by atoms with Crippen molar-refractivity contribution in [1.29, 1.82) is 0 Å². The van der Waals surface area contributed by atoms with Gasteiger partial charge >= 0.3 is 6.36 Å². The van der Waals surface area contributed by atoms with Crippen LogP contribution >= 0.6 is 0 Å². The van der Waals surface area contributed by atoms with Crippen LogP contribution in [0.3, 0.4) is 0 Å². The highest BCUT2D eigenvalue weighted by molar-refractivity contribution is 5.61. The Morgan fingerprint density at radius 1 is 1.26 bits per heavy atom. The van der Waals surface area contributed by atoms with Crippen molar-refractivity contribution in [3.05, 3.63) is 29.3 Å². The van der Waals surface area contributed by atoms with Gasteiger partial charge in [-0.25, -0.2) is 0 Å². The largest absolute Gasteiger partial charge is 0.573 e. The Morgan fingerprint density at radius 3 is 2.32 bits per heavy atom. The van der Waals surface area contributed by atoms with Gasteiger partial charge in [0.05, 0.1) is 0 Å². The third-order valence-electron chi connectivity index (χ3n) is 2.07. The first kappa shape index (κ1) is 17.4. The van der Waals surface area contributed by atoms with Crippen molar-refractivity contribution >= 4 is 6.08 Å². The maximum atomic E-state index is 12.1. The van der Waals surface area contributed by atoms with E-state index >= 15 is 0 Å². The summed E-state index contributed by atoms with van der Waals surface area (Å²) in [7, 11) is 0. The maximum absolute atomic E-state index is 12.1. The van der Waals surface area contributed by atoms with Gasteiger partial charge in [-0.15, -0.1) is 13.2 Å². The third-order valence-corrected chi connectivity index (χ3v) is 2.07. The molecule has 0 heterocycles. The molecular formula is C14H19F3O2. The Bertz CT molecular complexity index is 423. The minimum Gasteiger partial charge on any atom is -0.507 e. The first-order chi connectivity index (χ1) is 8.83. The molecule has 108 valence electrons. The summed E-state index contributed by atoms with van der Waals surface area (Å²) in [4.78, 5) is 0. The van der Waals surface area contributed by atoms with Crippen LogP contribution in [0.5, 0.6) is 11.5 Å². The first-order valence-electron chi connectivity index (χ1n) is 6.09. The molecule has 0 atom stereocenters. The van der Waals surface area contributed by atoms with E-state index in [1.165, 1.54) is 6.92 Å². The van der Waals surface area contributed by atoms with E-state index in [-0.39, 0.29) is 11.5 Å². The van der Waals surface area contributed by atoms with Gasteiger partial charge < -0.3 is 9.84 Å². The first-order valence-corrected chi connectivity index (χ1v) is 6.09. The Kier molecular flexibility index (Phi) is 7.04. The molecule has 0 spiro atoms. The number of aromatic hydroxyl groups is 1. The van der Waals surface area contributed by atoms with E-state index < -0.39 is 6.36 Å². The number of aryl methyl sites for hydroxylation is 1. The molecule has 0 saturated carbocycles. The molecule has 2 nitrogen and oxygen atoms in total. The molecule has 0 aliphatic heterocycles. The Hall–Kier alpha value is -1.65. The lowest BCUT2D eigenvalue weighted by Gasteiger charge is -2.11. The van der Waals surface area contributed by atoms with Crippen molar-refractivity contribution in [2.24, 2.45) is 0 Å². The second-order valence-corrected chi connectivity index (χ2v) is 3.54. The molecule has 0 radical (unpaired) electrons. The average Bonchev–Trinajstić information content (AvgIpc) is 2.32. The monoisotopic (exact) mass is 276 g/mol. The number of phenolic OH excluding ortho intramolecular Hbond substituents is 1. The molecule has 0 fully saturated rings. The van der Waals surface area contributed by atoms with Crippen LogP contribution in [0.15, 0.2) is 18.2 Å². The number of hydrogen-bond donors (Lipinski definition) is 1. The number of alkyl halides is 3. The summed E-state index contributed by atoms with van der Waals surface area (Å²) in [5.41, 5.74) is 0.647. The summed E-state index contributed by atoms with van der Waals surface area (Å²) in [5, 5.41) is 9.66. The summed E-state index contributed by atoms with van der Waals surface area (Å²) in [6.07, 6.45) is -0.699. The molecule has 1 aromatic rings. The van der Waals surface area contributed by atoms with E-state index in [0.29, 0.717) is 11.1 Å². The number of rotatable bonds is 3. The number of hydrogen-bond acceptors (Lipinski definition) is 2. The zero-order chi connectivity index (χ0) is 15.1. The summed E-state index contributed by atoms with van der Waals surface area (Å²) >= 11 is 0. The van der Waals surface area contributed by atoms with E-state index in [9.17, 15) is 18.3 Å². The van der Waals surface area contributed by atoms with Crippen molar-refractivity contribution in [3.8, 4) is 11.5 Å². The van der Waals surface area contributed by atoms with E-state index in [1.54, 1.807) is 12.2 Å². The van der Waals surface area contributed by atoms with Crippen molar-refractivity contribution in [3.63, 3.8) is 0 Å². The standard InChI is InChI=1S/C12H13F3O2.C2H6/c1-3-4-5-9-7-10(17-12(13,14)15)6-8(2)11(9)16;1-2/h4-7,16H,3H2,1-2H3;1-2H3/b5-4-;. The lowest BCUT2D eigenvalue weighted by molar-refractivity contribution is -0.274. The zero-order valence-electron chi connectivity index (χ0n) is 11.5. The van der Waals surface area contributed by atoms with Crippen LogP contribution < -0.4 is 4.74 Å². The zero-order valence-corrected chi connectivity index (χ0v) is 11.5. The summed E-state index contributed by atoms with van der Waals surface area (Å²) in [6.45, 7) is 7.40. The summed E-state index contributed by atoms with van der Waals surface area (Å²) in [6, 6.07) is 2.30. The third kappa shape index (κ3) is 6.18. The van der Waals surface area contributed by atoms with Gasteiger partial charge in [-0.2, -0.15) is 0 Å². The quantitative estimate of drug-likeness (QED) is 0.837. The average molecular weight is 276 g/mol.